The largest absolute Gasteiger partial charge is 0.490 e. The summed E-state index contributed by atoms with van der Waals surface area (Å²) in [5.74, 6) is -3.66. The molecule has 3 nitrogen and oxygen atoms in total. The van der Waals surface area contributed by atoms with Gasteiger partial charge in [0.1, 0.15) is 0 Å². The Hall–Kier alpha value is -2.38. The van der Waals surface area contributed by atoms with Crippen LogP contribution in [0.5, 0.6) is 5.75 Å². The maximum atomic E-state index is 14.9. The Labute approximate surface area is 223 Å². The molecule has 0 aromatic heterocycles. The number of benzene rings is 2. The molecular weight excluding hydrogens is 496 g/mol. The average Bonchev–Trinajstić information content (AvgIpc) is 2.93. The van der Waals surface area contributed by atoms with Crippen LogP contribution in [0.25, 0.3) is 0 Å². The molecule has 2 aromatic carbocycles. The number of halogens is 4. The van der Waals surface area contributed by atoms with Crippen LogP contribution in [0, 0.1) is 23.3 Å². The zero-order valence-electron chi connectivity index (χ0n) is 22.1. The van der Waals surface area contributed by atoms with Crippen molar-refractivity contribution in [3.8, 4) is 5.75 Å². The molecule has 0 amide bonds. The minimum Gasteiger partial charge on any atom is -0.490 e. The van der Waals surface area contributed by atoms with E-state index in [-0.39, 0.29) is 48.6 Å². The fourth-order valence-electron chi connectivity index (χ4n) is 5.78. The van der Waals surface area contributed by atoms with Crippen molar-refractivity contribution in [2.24, 2.45) is 0 Å². The first kappa shape index (κ1) is 28.6. The monoisotopic (exact) mass is 534 g/mol. The second kappa shape index (κ2) is 13.6. The van der Waals surface area contributed by atoms with Gasteiger partial charge in [-0.05, 0) is 93.7 Å². The third kappa shape index (κ3) is 6.78. The van der Waals surface area contributed by atoms with Gasteiger partial charge < -0.3 is 14.2 Å². The second-order valence-electron chi connectivity index (χ2n) is 10.4. The first-order valence-corrected chi connectivity index (χ1v) is 13.8. The minimum absolute atomic E-state index is 0.00413. The molecule has 2 aliphatic rings. The van der Waals surface area contributed by atoms with Crippen molar-refractivity contribution in [2.75, 3.05) is 13.2 Å². The smallest absolute Gasteiger partial charge is 0.200 e. The van der Waals surface area contributed by atoms with E-state index in [2.05, 4.69) is 6.58 Å². The Morgan fingerprint density at radius 2 is 1.29 bits per heavy atom. The van der Waals surface area contributed by atoms with Crippen molar-refractivity contribution < 1.29 is 31.8 Å². The lowest BCUT2D eigenvalue weighted by Crippen LogP contribution is -2.22. The standard InChI is InChI=1S/C31H38F4O3/c1-3-5-18-37-27-17-16-26(30(34)31(27)35)21-8-13-24(14-9-21)38-19-22-10-15-25(29(33)28(22)32)20-6-11-23(12-7-20)36-4-2/h3,10,15-17,20-21,23-24H,1,4-9,11-14,18-19H2,2H3. The van der Waals surface area contributed by atoms with Gasteiger partial charge >= 0.3 is 0 Å². The molecule has 2 saturated carbocycles. The molecule has 0 saturated heterocycles. The van der Waals surface area contributed by atoms with Crippen LogP contribution in [-0.2, 0) is 16.1 Å². The van der Waals surface area contributed by atoms with E-state index in [1.807, 2.05) is 6.92 Å². The summed E-state index contributed by atoms with van der Waals surface area (Å²) in [6, 6.07) is 6.40. The molecular formula is C31H38F4O3. The molecule has 0 bridgehead atoms. The molecule has 208 valence electrons. The van der Waals surface area contributed by atoms with Crippen molar-refractivity contribution in [1.29, 1.82) is 0 Å². The Bertz CT molecular complexity index is 1070. The van der Waals surface area contributed by atoms with E-state index in [4.69, 9.17) is 14.2 Å². The van der Waals surface area contributed by atoms with Crippen LogP contribution in [0.15, 0.2) is 36.9 Å². The van der Waals surface area contributed by atoms with E-state index in [1.54, 1.807) is 24.3 Å². The van der Waals surface area contributed by atoms with Crippen LogP contribution in [0.1, 0.15) is 93.2 Å². The van der Waals surface area contributed by atoms with Gasteiger partial charge in [0.15, 0.2) is 23.2 Å². The predicted octanol–water partition coefficient (Wildman–Crippen LogP) is 8.50. The molecule has 2 aromatic rings. The number of hydrogen-bond acceptors (Lipinski definition) is 3. The molecule has 7 heteroatoms. The highest BCUT2D eigenvalue weighted by Crippen LogP contribution is 2.39. The van der Waals surface area contributed by atoms with Crippen LogP contribution in [0.3, 0.4) is 0 Å². The molecule has 0 atom stereocenters. The Balaban J connectivity index is 1.29. The van der Waals surface area contributed by atoms with Crippen molar-refractivity contribution in [3.63, 3.8) is 0 Å². The second-order valence-corrected chi connectivity index (χ2v) is 10.4. The Morgan fingerprint density at radius 3 is 1.87 bits per heavy atom. The van der Waals surface area contributed by atoms with E-state index < -0.39 is 23.3 Å². The first-order chi connectivity index (χ1) is 18.4. The zero-order chi connectivity index (χ0) is 27.1. The quantitative estimate of drug-likeness (QED) is 0.164. The minimum atomic E-state index is -0.965. The lowest BCUT2D eigenvalue weighted by atomic mass is 9.82. The van der Waals surface area contributed by atoms with E-state index in [0.717, 1.165) is 25.7 Å². The van der Waals surface area contributed by atoms with Crippen LogP contribution >= 0.6 is 0 Å². The summed E-state index contributed by atoms with van der Waals surface area (Å²) in [5, 5.41) is 0. The molecule has 4 rings (SSSR count). The number of rotatable bonds is 11. The fraction of sp³-hybridized carbons (Fsp3) is 0.548. The maximum Gasteiger partial charge on any atom is 0.200 e. The summed E-state index contributed by atoms with van der Waals surface area (Å²) in [5.41, 5.74) is 0.987. The third-order valence-electron chi connectivity index (χ3n) is 7.95. The third-order valence-corrected chi connectivity index (χ3v) is 7.95. The highest BCUT2D eigenvalue weighted by molar-refractivity contribution is 5.33. The zero-order valence-corrected chi connectivity index (χ0v) is 22.1. The van der Waals surface area contributed by atoms with Gasteiger partial charge in [0.25, 0.3) is 0 Å². The van der Waals surface area contributed by atoms with Gasteiger partial charge in [0, 0.05) is 12.2 Å². The van der Waals surface area contributed by atoms with Gasteiger partial charge in [0.2, 0.25) is 5.82 Å². The summed E-state index contributed by atoms with van der Waals surface area (Å²) < 4.78 is 75.9. The highest BCUT2D eigenvalue weighted by atomic mass is 19.2. The fourth-order valence-corrected chi connectivity index (χ4v) is 5.78. The van der Waals surface area contributed by atoms with Gasteiger partial charge in [0.05, 0.1) is 25.4 Å². The highest BCUT2D eigenvalue weighted by Gasteiger charge is 2.29. The van der Waals surface area contributed by atoms with Gasteiger partial charge in [-0.3, -0.25) is 0 Å². The summed E-state index contributed by atoms with van der Waals surface area (Å²) in [6.45, 7) is 6.44. The van der Waals surface area contributed by atoms with E-state index >= 15 is 0 Å². The number of ether oxygens (including phenoxy) is 3. The molecule has 0 N–H and O–H groups in total. The summed E-state index contributed by atoms with van der Waals surface area (Å²) in [6.07, 6.45) is 8.07. The van der Waals surface area contributed by atoms with E-state index in [0.29, 0.717) is 49.8 Å². The molecule has 38 heavy (non-hydrogen) atoms. The van der Waals surface area contributed by atoms with Crippen LogP contribution in [0.2, 0.25) is 0 Å². The normalized spacial score (nSPS) is 23.8. The van der Waals surface area contributed by atoms with Gasteiger partial charge in [-0.1, -0.05) is 24.3 Å². The number of hydrogen-bond donors (Lipinski definition) is 0. The molecule has 0 unspecified atom stereocenters. The van der Waals surface area contributed by atoms with Gasteiger partial charge in [-0.2, -0.15) is 4.39 Å². The molecule has 0 spiro atoms. The predicted molar refractivity (Wildman–Crippen MR) is 139 cm³/mol. The van der Waals surface area contributed by atoms with Crippen LogP contribution in [0.4, 0.5) is 17.6 Å². The van der Waals surface area contributed by atoms with E-state index in [1.165, 1.54) is 6.07 Å². The molecule has 2 aliphatic carbocycles. The SMILES string of the molecule is C=CCCOc1ccc(C2CCC(OCc3ccc(C4CCC(OCC)CC4)c(F)c3F)CC2)c(F)c1F. The van der Waals surface area contributed by atoms with Crippen LogP contribution in [-0.4, -0.2) is 25.4 Å². The lowest BCUT2D eigenvalue weighted by molar-refractivity contribution is 0.0116. The summed E-state index contributed by atoms with van der Waals surface area (Å²) >= 11 is 0. The molecule has 0 radical (unpaired) electrons. The Kier molecular flexibility index (Phi) is 10.3. The van der Waals surface area contributed by atoms with Crippen molar-refractivity contribution in [2.45, 2.75) is 95.4 Å². The Morgan fingerprint density at radius 1 is 0.737 bits per heavy atom. The van der Waals surface area contributed by atoms with E-state index in [9.17, 15) is 17.6 Å². The molecule has 2 fully saturated rings. The van der Waals surface area contributed by atoms with Crippen molar-refractivity contribution >= 4 is 0 Å². The van der Waals surface area contributed by atoms with Crippen molar-refractivity contribution in [1.82, 2.24) is 0 Å². The van der Waals surface area contributed by atoms with Crippen molar-refractivity contribution in [3.05, 3.63) is 76.9 Å². The first-order valence-electron chi connectivity index (χ1n) is 13.8. The summed E-state index contributed by atoms with van der Waals surface area (Å²) in [4.78, 5) is 0. The molecule has 0 aliphatic heterocycles. The average molecular weight is 535 g/mol. The van der Waals surface area contributed by atoms with Gasteiger partial charge in [-0.25, -0.2) is 13.2 Å². The van der Waals surface area contributed by atoms with Gasteiger partial charge in [-0.15, -0.1) is 6.58 Å². The summed E-state index contributed by atoms with van der Waals surface area (Å²) in [7, 11) is 0. The lowest BCUT2D eigenvalue weighted by Gasteiger charge is -2.30. The van der Waals surface area contributed by atoms with Crippen LogP contribution < -0.4 is 4.74 Å². The maximum absolute atomic E-state index is 14.9. The molecule has 0 heterocycles. The topological polar surface area (TPSA) is 27.7 Å².